The zero-order valence-electron chi connectivity index (χ0n) is 15.1. The Morgan fingerprint density at radius 2 is 1.84 bits per heavy atom. The Labute approximate surface area is 156 Å². The summed E-state index contributed by atoms with van der Waals surface area (Å²) in [5.74, 6) is 0.860. The monoisotopic (exact) mass is 360 g/mol. The Hall–Kier alpha value is -1.33. The van der Waals surface area contributed by atoms with Gasteiger partial charge in [-0.3, -0.25) is 0 Å². The van der Waals surface area contributed by atoms with Gasteiger partial charge in [-0.15, -0.1) is 0 Å². The Morgan fingerprint density at radius 1 is 1.12 bits per heavy atom. The Balaban J connectivity index is 1.36. The molecule has 3 N–H and O–H groups in total. The molecule has 5 heteroatoms. The van der Waals surface area contributed by atoms with Gasteiger partial charge in [0, 0.05) is 31.7 Å². The van der Waals surface area contributed by atoms with Crippen LogP contribution in [0.5, 0.6) is 5.75 Å². The van der Waals surface area contributed by atoms with Crippen LogP contribution < -0.4 is 20.3 Å². The highest BCUT2D eigenvalue weighted by Crippen LogP contribution is 2.28. The summed E-state index contributed by atoms with van der Waals surface area (Å²) < 4.78 is 5.68. The van der Waals surface area contributed by atoms with Gasteiger partial charge in [0.2, 0.25) is 0 Å². The molecule has 4 nitrogen and oxygen atoms in total. The molecule has 0 radical (unpaired) electrons. The first-order valence-corrected chi connectivity index (χ1v) is 10.3. The SMILES string of the molecule is CCOc1ccccc1NC(=S)NC1C[C@H]2CCC[C@@H](C1)[NH+]2C1CC1. The summed E-state index contributed by atoms with van der Waals surface area (Å²) in [6.45, 7) is 2.66. The van der Waals surface area contributed by atoms with Crippen LogP contribution in [-0.4, -0.2) is 35.9 Å². The van der Waals surface area contributed by atoms with E-state index in [1.807, 2.05) is 36.1 Å². The number of nitrogens with one attached hydrogen (secondary N) is 3. The van der Waals surface area contributed by atoms with E-state index in [2.05, 4.69) is 10.6 Å². The van der Waals surface area contributed by atoms with E-state index in [0.29, 0.717) is 12.6 Å². The van der Waals surface area contributed by atoms with Crippen LogP contribution in [0.15, 0.2) is 24.3 Å². The first-order valence-electron chi connectivity index (χ1n) is 9.90. The van der Waals surface area contributed by atoms with Gasteiger partial charge in [-0.2, -0.15) is 0 Å². The van der Waals surface area contributed by atoms with Gasteiger partial charge in [-0.05, 0) is 50.5 Å². The van der Waals surface area contributed by atoms with Crippen molar-refractivity contribution in [3.63, 3.8) is 0 Å². The lowest BCUT2D eigenvalue weighted by Crippen LogP contribution is -3.22. The van der Waals surface area contributed by atoms with Crippen molar-refractivity contribution < 1.29 is 9.64 Å². The Bertz CT molecular complexity index is 605. The predicted octanol–water partition coefficient (Wildman–Crippen LogP) is 2.50. The van der Waals surface area contributed by atoms with Gasteiger partial charge < -0.3 is 20.3 Å². The molecule has 2 heterocycles. The lowest BCUT2D eigenvalue weighted by atomic mass is 9.81. The zero-order chi connectivity index (χ0) is 17.2. The van der Waals surface area contributed by atoms with Crippen LogP contribution in [-0.2, 0) is 0 Å². The average molecular weight is 361 g/mol. The highest BCUT2D eigenvalue weighted by atomic mass is 32.1. The maximum atomic E-state index is 5.68. The fraction of sp³-hybridized carbons (Fsp3) is 0.650. The van der Waals surface area contributed by atoms with Gasteiger partial charge in [0.15, 0.2) is 5.11 Å². The number of piperidine rings is 2. The standard InChI is InChI=1S/C20H29N3OS/c1-2-24-19-9-4-3-8-18(19)22-20(25)21-14-12-16-6-5-7-17(13-14)23(16)15-10-11-15/h3-4,8-9,14-17H,2,5-7,10-13H2,1H3,(H2,21,22,25)/p+1/t14?,16-,17+. The second kappa shape index (κ2) is 7.50. The fourth-order valence-corrected chi connectivity index (χ4v) is 5.24. The number of fused-ring (bicyclic) bond motifs is 2. The van der Waals surface area contributed by atoms with Crippen LogP contribution in [0.4, 0.5) is 5.69 Å². The second-order valence-corrected chi connectivity index (χ2v) is 8.20. The molecule has 3 aliphatic rings. The van der Waals surface area contributed by atoms with E-state index in [-0.39, 0.29) is 0 Å². The number of hydrogen-bond acceptors (Lipinski definition) is 2. The maximum absolute atomic E-state index is 5.68. The number of thiocarbonyl (C=S) groups is 1. The largest absolute Gasteiger partial charge is 0.492 e. The molecule has 1 aromatic carbocycles. The van der Waals surface area contributed by atoms with E-state index < -0.39 is 0 Å². The first kappa shape index (κ1) is 17.1. The van der Waals surface area contributed by atoms with Gasteiger partial charge in [-0.1, -0.05) is 12.1 Å². The Kier molecular flexibility index (Phi) is 5.13. The summed E-state index contributed by atoms with van der Waals surface area (Å²) in [7, 11) is 0. The minimum atomic E-state index is 0.511. The second-order valence-electron chi connectivity index (χ2n) is 7.79. The van der Waals surface area contributed by atoms with E-state index >= 15 is 0 Å². The highest BCUT2D eigenvalue weighted by Gasteiger charge is 2.48. The number of para-hydroxylation sites is 2. The number of benzene rings is 1. The summed E-state index contributed by atoms with van der Waals surface area (Å²) in [4.78, 5) is 1.94. The van der Waals surface area contributed by atoms with Gasteiger partial charge >= 0.3 is 0 Å². The third-order valence-electron chi connectivity index (χ3n) is 6.01. The number of quaternary nitrogens is 1. The lowest BCUT2D eigenvalue weighted by molar-refractivity contribution is -0.971. The van der Waals surface area contributed by atoms with E-state index in [0.717, 1.165) is 34.7 Å². The fourth-order valence-electron chi connectivity index (χ4n) is 4.96. The molecule has 25 heavy (non-hydrogen) atoms. The van der Waals surface area contributed by atoms with Crippen LogP contribution in [0.1, 0.15) is 51.9 Å². The van der Waals surface area contributed by atoms with Crippen molar-refractivity contribution in [2.75, 3.05) is 11.9 Å². The third-order valence-corrected chi connectivity index (χ3v) is 6.23. The molecule has 1 aliphatic carbocycles. The lowest BCUT2D eigenvalue weighted by Gasteiger charge is -2.46. The molecular formula is C20H30N3OS+. The third kappa shape index (κ3) is 3.93. The highest BCUT2D eigenvalue weighted by molar-refractivity contribution is 7.80. The van der Waals surface area contributed by atoms with E-state index in [4.69, 9.17) is 17.0 Å². The Morgan fingerprint density at radius 3 is 2.52 bits per heavy atom. The molecule has 136 valence electrons. The molecular weight excluding hydrogens is 330 g/mol. The van der Waals surface area contributed by atoms with Crippen molar-refractivity contribution in [1.82, 2.24) is 5.32 Å². The van der Waals surface area contributed by atoms with Crippen LogP contribution in [0.3, 0.4) is 0 Å². The van der Waals surface area contributed by atoms with Gasteiger partial charge in [-0.25, -0.2) is 0 Å². The van der Waals surface area contributed by atoms with E-state index in [1.165, 1.54) is 44.9 Å². The number of ether oxygens (including phenoxy) is 1. The van der Waals surface area contributed by atoms with Crippen LogP contribution in [0.25, 0.3) is 0 Å². The summed E-state index contributed by atoms with van der Waals surface area (Å²) in [6.07, 6.45) is 9.64. The summed E-state index contributed by atoms with van der Waals surface area (Å²) in [5.41, 5.74) is 0.947. The van der Waals surface area contributed by atoms with Gasteiger partial charge in [0.25, 0.3) is 0 Å². The normalized spacial score (nSPS) is 31.2. The van der Waals surface area contributed by atoms with Crippen LogP contribution in [0.2, 0.25) is 0 Å². The molecule has 4 atom stereocenters. The molecule has 2 saturated heterocycles. The summed E-state index contributed by atoms with van der Waals surface area (Å²) in [6, 6.07) is 11.2. The maximum Gasteiger partial charge on any atom is 0.171 e. The first-order chi connectivity index (χ1) is 12.2. The predicted molar refractivity (Wildman–Crippen MR) is 105 cm³/mol. The van der Waals surface area contributed by atoms with Crippen molar-refractivity contribution in [2.45, 2.75) is 76.0 Å². The van der Waals surface area contributed by atoms with Crippen LogP contribution in [0, 0.1) is 0 Å². The van der Waals surface area contributed by atoms with Crippen LogP contribution >= 0.6 is 12.2 Å². The molecule has 2 unspecified atom stereocenters. The topological polar surface area (TPSA) is 37.7 Å². The quantitative estimate of drug-likeness (QED) is 0.706. The van der Waals surface area contributed by atoms with Crippen molar-refractivity contribution in [3.05, 3.63) is 24.3 Å². The van der Waals surface area contributed by atoms with Crippen molar-refractivity contribution in [2.24, 2.45) is 0 Å². The van der Waals surface area contributed by atoms with E-state index in [1.54, 1.807) is 0 Å². The summed E-state index contributed by atoms with van der Waals surface area (Å²) >= 11 is 5.60. The van der Waals surface area contributed by atoms with Crippen molar-refractivity contribution in [3.8, 4) is 5.75 Å². The smallest absolute Gasteiger partial charge is 0.171 e. The molecule has 1 aromatic rings. The number of rotatable bonds is 5. The zero-order valence-corrected chi connectivity index (χ0v) is 15.9. The van der Waals surface area contributed by atoms with Crippen molar-refractivity contribution in [1.29, 1.82) is 0 Å². The minimum Gasteiger partial charge on any atom is -0.492 e. The molecule has 0 spiro atoms. The summed E-state index contributed by atoms with van der Waals surface area (Å²) in [5, 5.41) is 7.67. The number of anilines is 1. The molecule has 2 aliphatic heterocycles. The number of hydrogen-bond donors (Lipinski definition) is 3. The van der Waals surface area contributed by atoms with Gasteiger partial charge in [0.1, 0.15) is 5.75 Å². The van der Waals surface area contributed by atoms with E-state index in [9.17, 15) is 0 Å². The molecule has 4 rings (SSSR count). The molecule has 2 bridgehead atoms. The minimum absolute atomic E-state index is 0.511. The molecule has 1 saturated carbocycles. The molecule has 0 amide bonds. The average Bonchev–Trinajstić information content (AvgIpc) is 3.41. The van der Waals surface area contributed by atoms with Gasteiger partial charge in [0.05, 0.1) is 30.4 Å². The molecule has 0 aromatic heterocycles. The molecule has 3 fully saturated rings. The van der Waals surface area contributed by atoms with Crippen molar-refractivity contribution >= 4 is 23.0 Å².